The number of hydrogen-bond acceptors (Lipinski definition) is 3. The van der Waals surface area contributed by atoms with Gasteiger partial charge in [-0.15, -0.1) is 0 Å². The van der Waals surface area contributed by atoms with E-state index in [0.717, 1.165) is 12.8 Å². The second-order valence-corrected chi connectivity index (χ2v) is 5.22. The Bertz CT molecular complexity index is 385. The Morgan fingerprint density at radius 1 is 1.28 bits per heavy atom. The number of nitrogens with one attached hydrogen (secondary N) is 1. The summed E-state index contributed by atoms with van der Waals surface area (Å²) in [7, 11) is 0. The third-order valence-corrected chi connectivity index (χ3v) is 2.87. The Morgan fingerprint density at radius 3 is 2.44 bits per heavy atom. The van der Waals surface area contributed by atoms with Gasteiger partial charge in [-0.3, -0.25) is 4.79 Å². The van der Waals surface area contributed by atoms with Crippen molar-refractivity contribution in [3.05, 3.63) is 29.8 Å². The van der Waals surface area contributed by atoms with Crippen LogP contribution < -0.4 is 5.32 Å². The van der Waals surface area contributed by atoms with Crippen molar-refractivity contribution in [2.45, 2.75) is 26.7 Å². The van der Waals surface area contributed by atoms with Crippen LogP contribution in [-0.2, 0) is 0 Å². The van der Waals surface area contributed by atoms with Crippen LogP contribution in [0.15, 0.2) is 24.3 Å². The summed E-state index contributed by atoms with van der Waals surface area (Å²) in [6, 6.07) is 6.16. The summed E-state index contributed by atoms with van der Waals surface area (Å²) in [5.74, 6) is 0.00176. The quantitative estimate of drug-likeness (QED) is 0.723. The molecule has 100 valence electrons. The smallest absolute Gasteiger partial charge is 0.251 e. The summed E-state index contributed by atoms with van der Waals surface area (Å²) in [4.78, 5) is 11.8. The fourth-order valence-electron chi connectivity index (χ4n) is 1.68. The zero-order valence-electron chi connectivity index (χ0n) is 10.9. The number of aliphatic hydroxyl groups excluding tert-OH is 1. The number of phenols is 1. The number of rotatable bonds is 6. The van der Waals surface area contributed by atoms with Crippen LogP contribution in [0.1, 0.15) is 37.0 Å². The molecule has 1 aromatic rings. The maximum absolute atomic E-state index is 11.8. The average molecular weight is 251 g/mol. The molecule has 0 aliphatic carbocycles. The van der Waals surface area contributed by atoms with E-state index in [-0.39, 0.29) is 23.7 Å². The van der Waals surface area contributed by atoms with E-state index in [2.05, 4.69) is 19.2 Å². The van der Waals surface area contributed by atoms with Crippen LogP contribution in [0.25, 0.3) is 0 Å². The van der Waals surface area contributed by atoms with Crippen LogP contribution in [0.5, 0.6) is 5.75 Å². The topological polar surface area (TPSA) is 69.6 Å². The lowest BCUT2D eigenvalue weighted by molar-refractivity contribution is 0.0933. The van der Waals surface area contributed by atoms with Gasteiger partial charge in [0.05, 0.1) is 0 Å². The number of hydrogen-bond donors (Lipinski definition) is 3. The minimum atomic E-state index is -0.146. The number of carbonyl (C=O) groups excluding carboxylic acids is 1. The molecular weight excluding hydrogens is 230 g/mol. The second-order valence-electron chi connectivity index (χ2n) is 5.22. The third kappa shape index (κ3) is 4.75. The van der Waals surface area contributed by atoms with Crippen LogP contribution in [0.2, 0.25) is 0 Å². The first-order chi connectivity index (χ1) is 8.44. The lowest BCUT2D eigenvalue weighted by Gasteiger charge is -2.24. The molecule has 0 atom stereocenters. The largest absolute Gasteiger partial charge is 0.508 e. The van der Waals surface area contributed by atoms with Crippen molar-refractivity contribution < 1.29 is 15.0 Å². The Balaban J connectivity index is 2.48. The molecule has 1 rings (SSSR count). The Labute approximate surface area is 108 Å². The highest BCUT2D eigenvalue weighted by atomic mass is 16.3. The molecule has 0 unspecified atom stereocenters. The molecule has 18 heavy (non-hydrogen) atoms. The van der Waals surface area contributed by atoms with Crippen molar-refractivity contribution in [2.24, 2.45) is 5.41 Å². The van der Waals surface area contributed by atoms with E-state index in [4.69, 9.17) is 10.2 Å². The summed E-state index contributed by atoms with van der Waals surface area (Å²) >= 11 is 0. The van der Waals surface area contributed by atoms with Gasteiger partial charge in [0, 0.05) is 18.7 Å². The lowest BCUT2D eigenvalue weighted by Crippen LogP contribution is -2.34. The number of phenolic OH excluding ortho intramolecular Hbond substituents is 1. The molecule has 1 aromatic carbocycles. The van der Waals surface area contributed by atoms with Crippen molar-refractivity contribution in [3.8, 4) is 5.75 Å². The van der Waals surface area contributed by atoms with Crippen molar-refractivity contribution in [1.29, 1.82) is 0 Å². The second kappa shape index (κ2) is 6.40. The van der Waals surface area contributed by atoms with Crippen molar-refractivity contribution in [3.63, 3.8) is 0 Å². The maximum Gasteiger partial charge on any atom is 0.251 e. The molecule has 0 saturated heterocycles. The number of benzene rings is 1. The number of aliphatic hydroxyl groups is 1. The molecule has 0 radical (unpaired) electrons. The van der Waals surface area contributed by atoms with Gasteiger partial charge >= 0.3 is 0 Å². The molecule has 0 aliphatic rings. The molecule has 4 nitrogen and oxygen atoms in total. The standard InChI is InChI=1S/C14H21NO3/c1-14(2,8-3-9-16)10-15-13(18)11-4-6-12(17)7-5-11/h4-7,16-17H,3,8-10H2,1-2H3,(H,15,18). The van der Waals surface area contributed by atoms with Gasteiger partial charge in [-0.25, -0.2) is 0 Å². The summed E-state index contributed by atoms with van der Waals surface area (Å²) in [6.07, 6.45) is 1.60. The number of carbonyl (C=O) groups is 1. The van der Waals surface area contributed by atoms with Gasteiger partial charge in [-0.2, -0.15) is 0 Å². The molecule has 3 N–H and O–H groups in total. The Hall–Kier alpha value is -1.55. The highest BCUT2D eigenvalue weighted by Crippen LogP contribution is 2.21. The highest BCUT2D eigenvalue weighted by molar-refractivity contribution is 5.94. The van der Waals surface area contributed by atoms with E-state index in [1.165, 1.54) is 12.1 Å². The minimum Gasteiger partial charge on any atom is -0.508 e. The first kappa shape index (κ1) is 14.5. The summed E-state index contributed by atoms with van der Waals surface area (Å²) in [5.41, 5.74) is 0.501. The fraction of sp³-hybridized carbons (Fsp3) is 0.500. The third-order valence-electron chi connectivity index (χ3n) is 2.87. The van der Waals surface area contributed by atoms with Crippen LogP contribution in [0.4, 0.5) is 0 Å². The molecule has 0 aliphatic heterocycles. The SMILES string of the molecule is CC(C)(CCCO)CNC(=O)c1ccc(O)cc1. The maximum atomic E-state index is 11.8. The van der Waals surface area contributed by atoms with Crippen molar-refractivity contribution in [1.82, 2.24) is 5.32 Å². The molecule has 0 aromatic heterocycles. The van der Waals surface area contributed by atoms with Gasteiger partial charge in [0.25, 0.3) is 5.91 Å². The van der Waals surface area contributed by atoms with Crippen molar-refractivity contribution >= 4 is 5.91 Å². The van der Waals surface area contributed by atoms with Crippen LogP contribution in [0, 0.1) is 5.41 Å². The Kier molecular flexibility index (Phi) is 5.16. The molecule has 0 heterocycles. The van der Waals surface area contributed by atoms with Crippen LogP contribution >= 0.6 is 0 Å². The average Bonchev–Trinajstić information content (AvgIpc) is 2.35. The van der Waals surface area contributed by atoms with Gasteiger partial charge in [0.2, 0.25) is 0 Å². The minimum absolute atomic E-state index is 0.0324. The van der Waals surface area contributed by atoms with E-state index in [9.17, 15) is 4.79 Å². The lowest BCUT2D eigenvalue weighted by atomic mass is 9.88. The first-order valence-electron chi connectivity index (χ1n) is 6.13. The van der Waals surface area contributed by atoms with Gasteiger partial charge in [0.15, 0.2) is 0 Å². The van der Waals surface area contributed by atoms with Gasteiger partial charge in [-0.1, -0.05) is 13.8 Å². The molecule has 4 heteroatoms. The van der Waals surface area contributed by atoms with Crippen LogP contribution in [0.3, 0.4) is 0 Å². The fourth-order valence-corrected chi connectivity index (χ4v) is 1.68. The predicted molar refractivity (Wildman–Crippen MR) is 70.5 cm³/mol. The molecular formula is C14H21NO3. The molecule has 0 fully saturated rings. The van der Waals surface area contributed by atoms with Crippen LogP contribution in [-0.4, -0.2) is 29.3 Å². The number of amides is 1. The van der Waals surface area contributed by atoms with E-state index >= 15 is 0 Å². The predicted octanol–water partition coefficient (Wildman–Crippen LogP) is 1.92. The summed E-state index contributed by atoms with van der Waals surface area (Å²) < 4.78 is 0. The van der Waals surface area contributed by atoms with E-state index in [1.54, 1.807) is 12.1 Å². The molecule has 1 amide bonds. The monoisotopic (exact) mass is 251 g/mol. The highest BCUT2D eigenvalue weighted by Gasteiger charge is 2.18. The molecule has 0 spiro atoms. The molecule has 0 saturated carbocycles. The zero-order chi connectivity index (χ0) is 13.6. The normalized spacial score (nSPS) is 11.3. The van der Waals surface area contributed by atoms with E-state index in [1.807, 2.05) is 0 Å². The summed E-state index contributed by atoms with van der Waals surface area (Å²) in [6.45, 7) is 4.85. The van der Waals surface area contributed by atoms with Crippen molar-refractivity contribution in [2.75, 3.05) is 13.2 Å². The van der Waals surface area contributed by atoms with E-state index in [0.29, 0.717) is 12.1 Å². The molecule has 0 bridgehead atoms. The van der Waals surface area contributed by atoms with Gasteiger partial charge in [-0.05, 0) is 42.5 Å². The Morgan fingerprint density at radius 2 is 1.89 bits per heavy atom. The van der Waals surface area contributed by atoms with E-state index < -0.39 is 0 Å². The van der Waals surface area contributed by atoms with Gasteiger partial charge < -0.3 is 15.5 Å². The summed E-state index contributed by atoms with van der Waals surface area (Å²) in [5, 5.41) is 20.8. The number of aromatic hydroxyl groups is 1. The van der Waals surface area contributed by atoms with Gasteiger partial charge in [0.1, 0.15) is 5.75 Å². The first-order valence-corrected chi connectivity index (χ1v) is 6.13. The zero-order valence-corrected chi connectivity index (χ0v) is 10.9.